The van der Waals surface area contributed by atoms with E-state index in [-0.39, 0.29) is 32.0 Å². The van der Waals surface area contributed by atoms with Crippen molar-refractivity contribution in [2.45, 2.75) is 200 Å². The number of esters is 2. The summed E-state index contributed by atoms with van der Waals surface area (Å²) in [7, 11) is 1.45. The van der Waals surface area contributed by atoms with E-state index >= 15 is 0 Å². The molecule has 0 amide bonds. The van der Waals surface area contributed by atoms with Gasteiger partial charge in [0.1, 0.15) is 19.8 Å². The summed E-state index contributed by atoms with van der Waals surface area (Å²) in [5.41, 5.74) is 0. The zero-order valence-corrected chi connectivity index (χ0v) is 40.1. The SMILES string of the molecule is CCCCC/C=C/C/C=C/C/C=C/C/C=C/CCCCCC(=O)O[C@H](COC(=O)CCCCCCCCC/C=C/CCCCCCCC)COP(=O)(O)OCC[N+](C)(C)C. The molecule has 0 aliphatic rings. The number of phosphoric ester groups is 1. The number of carbonyl (C=O) groups excluding carboxylic acids is 2. The number of quaternary nitrogens is 1. The van der Waals surface area contributed by atoms with Crippen LogP contribution in [0, 0.1) is 0 Å². The molecule has 0 saturated carbocycles. The maximum atomic E-state index is 12.7. The van der Waals surface area contributed by atoms with Gasteiger partial charge in [-0.15, -0.1) is 0 Å². The molecule has 0 heterocycles. The van der Waals surface area contributed by atoms with Crippen LogP contribution in [0.25, 0.3) is 0 Å². The molecule has 60 heavy (non-hydrogen) atoms. The Balaban J connectivity index is 4.39. The second-order valence-corrected chi connectivity index (χ2v) is 18.6. The number of nitrogens with zero attached hydrogens (tertiary/aromatic N) is 1. The number of phosphoric acid groups is 1. The maximum Gasteiger partial charge on any atom is 0.472 e. The van der Waals surface area contributed by atoms with Crippen LogP contribution in [0.3, 0.4) is 0 Å². The second-order valence-electron chi connectivity index (χ2n) is 17.1. The molecule has 1 unspecified atom stereocenters. The van der Waals surface area contributed by atoms with Crippen molar-refractivity contribution in [2.24, 2.45) is 0 Å². The average molecular weight is 865 g/mol. The molecule has 0 rings (SSSR count). The average Bonchev–Trinajstić information content (AvgIpc) is 3.20. The summed E-state index contributed by atoms with van der Waals surface area (Å²) in [6.45, 7) is 4.35. The highest BCUT2D eigenvalue weighted by molar-refractivity contribution is 7.47. The summed E-state index contributed by atoms with van der Waals surface area (Å²) in [6, 6.07) is 0. The van der Waals surface area contributed by atoms with Gasteiger partial charge in [0, 0.05) is 12.8 Å². The molecule has 348 valence electrons. The predicted molar refractivity (Wildman–Crippen MR) is 252 cm³/mol. The summed E-state index contributed by atoms with van der Waals surface area (Å²) in [5, 5.41) is 0. The van der Waals surface area contributed by atoms with Gasteiger partial charge in [-0.3, -0.25) is 18.6 Å². The van der Waals surface area contributed by atoms with Crippen molar-refractivity contribution >= 4 is 19.8 Å². The normalized spacial score (nSPS) is 14.0. The highest BCUT2D eigenvalue weighted by Crippen LogP contribution is 2.43. The molecule has 2 atom stereocenters. The monoisotopic (exact) mass is 865 g/mol. The van der Waals surface area contributed by atoms with Gasteiger partial charge < -0.3 is 18.9 Å². The Labute approximate surface area is 368 Å². The van der Waals surface area contributed by atoms with Crippen LogP contribution in [0.5, 0.6) is 0 Å². The highest BCUT2D eigenvalue weighted by atomic mass is 31.2. The number of likely N-dealkylation sites (N-methyl/N-ethyl adjacent to an activating group) is 1. The van der Waals surface area contributed by atoms with Crippen LogP contribution in [-0.2, 0) is 32.7 Å². The molecule has 0 spiro atoms. The van der Waals surface area contributed by atoms with E-state index in [1.54, 1.807) is 0 Å². The Morgan fingerprint density at radius 3 is 1.40 bits per heavy atom. The van der Waals surface area contributed by atoms with Gasteiger partial charge in [-0.25, -0.2) is 4.57 Å². The van der Waals surface area contributed by atoms with Crippen molar-refractivity contribution in [1.82, 2.24) is 0 Å². The van der Waals surface area contributed by atoms with Crippen LogP contribution in [0.15, 0.2) is 60.8 Å². The molecule has 1 N–H and O–H groups in total. The molecule has 9 nitrogen and oxygen atoms in total. The Kier molecular flexibility index (Phi) is 40.4. The van der Waals surface area contributed by atoms with E-state index in [4.69, 9.17) is 18.5 Å². The minimum Gasteiger partial charge on any atom is -0.462 e. The smallest absolute Gasteiger partial charge is 0.462 e. The van der Waals surface area contributed by atoms with E-state index in [1.807, 2.05) is 21.1 Å². The van der Waals surface area contributed by atoms with Crippen molar-refractivity contribution in [3.63, 3.8) is 0 Å². The number of rotatable bonds is 43. The van der Waals surface area contributed by atoms with Crippen molar-refractivity contribution in [2.75, 3.05) is 47.5 Å². The molecule has 0 aromatic rings. The number of unbranched alkanes of at least 4 members (excludes halogenated alkanes) is 19. The van der Waals surface area contributed by atoms with Crippen LogP contribution in [0.1, 0.15) is 194 Å². The zero-order chi connectivity index (χ0) is 44.3. The lowest BCUT2D eigenvalue weighted by atomic mass is 10.1. The molecular weight excluding hydrogens is 774 g/mol. The van der Waals surface area contributed by atoms with Gasteiger partial charge in [0.15, 0.2) is 6.10 Å². The molecule has 0 saturated heterocycles. The van der Waals surface area contributed by atoms with Gasteiger partial charge in [0.05, 0.1) is 27.7 Å². The lowest BCUT2D eigenvalue weighted by Gasteiger charge is -2.24. The number of carbonyl (C=O) groups is 2. The van der Waals surface area contributed by atoms with E-state index in [0.29, 0.717) is 17.4 Å². The van der Waals surface area contributed by atoms with Crippen molar-refractivity contribution in [1.29, 1.82) is 0 Å². The fraction of sp³-hybridized carbons (Fsp3) is 0.760. The van der Waals surface area contributed by atoms with Crippen LogP contribution < -0.4 is 0 Å². The van der Waals surface area contributed by atoms with E-state index in [2.05, 4.69) is 74.6 Å². The van der Waals surface area contributed by atoms with E-state index in [1.165, 1.54) is 89.9 Å². The third-order valence-corrected chi connectivity index (χ3v) is 11.0. The Hall–Kier alpha value is -2.29. The first kappa shape index (κ1) is 57.7. The molecule has 0 radical (unpaired) electrons. The van der Waals surface area contributed by atoms with Gasteiger partial charge in [0.25, 0.3) is 0 Å². The van der Waals surface area contributed by atoms with Crippen LogP contribution in [0.2, 0.25) is 0 Å². The maximum absolute atomic E-state index is 12.7. The van der Waals surface area contributed by atoms with Gasteiger partial charge >= 0.3 is 19.8 Å². The summed E-state index contributed by atoms with van der Waals surface area (Å²) in [4.78, 5) is 35.5. The van der Waals surface area contributed by atoms with E-state index in [9.17, 15) is 19.0 Å². The number of hydrogen-bond donors (Lipinski definition) is 1. The predicted octanol–water partition coefficient (Wildman–Crippen LogP) is 14.0. The fourth-order valence-electron chi connectivity index (χ4n) is 6.23. The number of allylic oxidation sites excluding steroid dienone is 10. The van der Waals surface area contributed by atoms with Crippen LogP contribution in [-0.4, -0.2) is 74.9 Å². The lowest BCUT2D eigenvalue weighted by molar-refractivity contribution is -0.870. The third-order valence-electron chi connectivity index (χ3n) is 10.0. The Bertz CT molecular complexity index is 1210. The second kappa shape index (κ2) is 42.0. The first-order valence-electron chi connectivity index (χ1n) is 24.0. The van der Waals surface area contributed by atoms with Gasteiger partial charge in [-0.1, -0.05) is 158 Å². The lowest BCUT2D eigenvalue weighted by Crippen LogP contribution is -2.37. The first-order chi connectivity index (χ1) is 29.0. The van der Waals surface area contributed by atoms with Gasteiger partial charge in [-0.2, -0.15) is 0 Å². The van der Waals surface area contributed by atoms with Crippen molar-refractivity contribution in [3.05, 3.63) is 60.8 Å². The molecular formula is C50H91NO8P+. The quantitative estimate of drug-likeness (QED) is 0.0212. The third kappa shape index (κ3) is 45.2. The zero-order valence-electron chi connectivity index (χ0n) is 39.2. The molecule has 0 aliphatic carbocycles. The summed E-state index contributed by atoms with van der Waals surface area (Å²) in [6.07, 6.45) is 51.2. The van der Waals surface area contributed by atoms with E-state index in [0.717, 1.165) is 70.6 Å². The van der Waals surface area contributed by atoms with Gasteiger partial charge in [-0.05, 0) is 83.5 Å². The largest absolute Gasteiger partial charge is 0.472 e. The number of ether oxygens (including phenoxy) is 2. The van der Waals surface area contributed by atoms with Gasteiger partial charge in [0.2, 0.25) is 0 Å². The molecule has 10 heteroatoms. The Morgan fingerprint density at radius 2 is 0.900 bits per heavy atom. The highest BCUT2D eigenvalue weighted by Gasteiger charge is 2.27. The molecule has 0 aliphatic heterocycles. The number of hydrogen-bond acceptors (Lipinski definition) is 7. The van der Waals surface area contributed by atoms with E-state index < -0.39 is 26.5 Å². The summed E-state index contributed by atoms with van der Waals surface area (Å²) >= 11 is 0. The molecule has 0 aromatic heterocycles. The molecule has 0 bridgehead atoms. The fourth-order valence-corrected chi connectivity index (χ4v) is 6.97. The Morgan fingerprint density at radius 1 is 0.517 bits per heavy atom. The van der Waals surface area contributed by atoms with Crippen molar-refractivity contribution < 1.29 is 42.1 Å². The molecule has 0 fully saturated rings. The van der Waals surface area contributed by atoms with Crippen LogP contribution in [0.4, 0.5) is 0 Å². The first-order valence-corrected chi connectivity index (χ1v) is 25.5. The van der Waals surface area contributed by atoms with Crippen molar-refractivity contribution in [3.8, 4) is 0 Å². The molecule has 0 aromatic carbocycles. The minimum absolute atomic E-state index is 0.0223. The van der Waals surface area contributed by atoms with Crippen LogP contribution >= 0.6 is 7.82 Å². The summed E-state index contributed by atoms with van der Waals surface area (Å²) < 4.78 is 34.3. The summed E-state index contributed by atoms with van der Waals surface area (Å²) in [5.74, 6) is -0.840. The topological polar surface area (TPSA) is 108 Å². The standard InChI is InChI=1S/C50H90NO8P/c1-6-8-10-12-14-16-18-20-22-24-25-27-29-31-33-35-37-39-41-43-50(53)59-48(47-58-60(54,55)57-45-44-51(3,4)5)46-56-49(52)42-40-38-36-34-32-30-28-26-23-21-19-17-15-13-11-9-7-2/h14,16,20-23,25,27,31,33,48H,6-13,15,17-19,24,26,28-30,32,34-47H2,1-5H3/p+1/b16-14+,22-20+,23-21+,27-25+,33-31+/t48-/m1/s1. The minimum atomic E-state index is -4.39.